The average molecular weight is 312 g/mol. The molecule has 0 bridgehead atoms. The normalized spacial score (nSPS) is 17.1. The summed E-state index contributed by atoms with van der Waals surface area (Å²) in [6.07, 6.45) is 3.64. The van der Waals surface area contributed by atoms with Crippen LogP contribution in [0.2, 0.25) is 0 Å². The van der Waals surface area contributed by atoms with Crippen molar-refractivity contribution in [3.63, 3.8) is 0 Å². The second kappa shape index (κ2) is 6.93. The average Bonchev–Trinajstić information content (AvgIpc) is 2.86. The molecule has 0 radical (unpaired) electrons. The molecular formula is C17H24N6. The highest BCUT2D eigenvalue weighted by atomic mass is 15.4. The van der Waals surface area contributed by atoms with Gasteiger partial charge in [0.15, 0.2) is 0 Å². The highest BCUT2D eigenvalue weighted by Gasteiger charge is 2.13. The molecule has 0 amide bonds. The molecule has 3 rings (SSSR count). The molecule has 0 unspecified atom stereocenters. The number of rotatable bonds is 4. The lowest BCUT2D eigenvalue weighted by Gasteiger charge is -2.32. The number of nitrogen functional groups attached to an aromatic ring is 1. The minimum atomic E-state index is 0.410. The molecule has 23 heavy (non-hydrogen) atoms. The molecule has 0 saturated carbocycles. The maximum Gasteiger partial charge on any atom is 0.221 e. The van der Waals surface area contributed by atoms with Gasteiger partial charge in [-0.2, -0.15) is 5.10 Å². The van der Waals surface area contributed by atoms with Crippen molar-refractivity contribution < 1.29 is 0 Å². The first-order valence-electron chi connectivity index (χ1n) is 7.96. The Hall–Kier alpha value is -2.18. The summed E-state index contributed by atoms with van der Waals surface area (Å²) in [6, 6.07) is 8.49. The third-order valence-electron chi connectivity index (χ3n) is 4.12. The van der Waals surface area contributed by atoms with Crippen molar-refractivity contribution >= 4 is 12.2 Å². The maximum atomic E-state index is 5.80. The molecular weight excluding hydrogens is 288 g/mol. The fourth-order valence-corrected chi connectivity index (χ4v) is 2.76. The summed E-state index contributed by atoms with van der Waals surface area (Å²) in [4.78, 5) is 9.01. The van der Waals surface area contributed by atoms with Gasteiger partial charge < -0.3 is 10.6 Å². The first kappa shape index (κ1) is 15.7. The van der Waals surface area contributed by atoms with Crippen molar-refractivity contribution in [3.05, 3.63) is 47.3 Å². The number of piperazine rings is 1. The Bertz CT molecular complexity index is 682. The molecule has 2 aromatic rings. The van der Waals surface area contributed by atoms with E-state index in [2.05, 4.69) is 51.2 Å². The van der Waals surface area contributed by atoms with Gasteiger partial charge in [0.2, 0.25) is 5.95 Å². The zero-order chi connectivity index (χ0) is 16.2. The summed E-state index contributed by atoms with van der Waals surface area (Å²) in [6.45, 7) is 7.42. The number of likely N-dealkylation sites (N-methyl/N-ethyl adjacent to an activating group) is 1. The summed E-state index contributed by atoms with van der Waals surface area (Å²) in [5, 5.41) is 4.38. The van der Waals surface area contributed by atoms with Crippen molar-refractivity contribution in [1.82, 2.24) is 19.5 Å². The lowest BCUT2D eigenvalue weighted by atomic mass is 10.1. The van der Waals surface area contributed by atoms with Gasteiger partial charge >= 0.3 is 0 Å². The van der Waals surface area contributed by atoms with Crippen LogP contribution in [0, 0.1) is 6.92 Å². The Morgan fingerprint density at radius 2 is 2.04 bits per heavy atom. The third kappa shape index (κ3) is 4.18. The minimum absolute atomic E-state index is 0.410. The van der Waals surface area contributed by atoms with Crippen LogP contribution < -0.4 is 5.73 Å². The zero-order valence-electron chi connectivity index (χ0n) is 13.8. The summed E-state index contributed by atoms with van der Waals surface area (Å²) in [5.41, 5.74) is 9.05. The van der Waals surface area contributed by atoms with E-state index in [0.717, 1.165) is 44.0 Å². The first-order chi connectivity index (χ1) is 11.1. The summed E-state index contributed by atoms with van der Waals surface area (Å²) in [5.74, 6) is 0.410. The van der Waals surface area contributed by atoms with Gasteiger partial charge in [-0.05, 0) is 31.2 Å². The van der Waals surface area contributed by atoms with E-state index in [1.807, 2.05) is 19.3 Å². The lowest BCUT2D eigenvalue weighted by molar-refractivity contribution is 0.148. The van der Waals surface area contributed by atoms with Crippen LogP contribution in [0.15, 0.2) is 35.6 Å². The Morgan fingerprint density at radius 3 is 2.74 bits per heavy atom. The number of nitrogens with zero attached hydrogens (tertiary/aromatic N) is 5. The second-order valence-corrected chi connectivity index (χ2v) is 6.15. The molecule has 2 heterocycles. The Kier molecular flexibility index (Phi) is 4.73. The lowest BCUT2D eigenvalue weighted by Crippen LogP contribution is -2.43. The molecule has 1 saturated heterocycles. The Balaban J connectivity index is 1.66. The van der Waals surface area contributed by atoms with Crippen LogP contribution in [0.3, 0.4) is 0 Å². The fraction of sp³-hybridized carbons (Fsp3) is 0.412. The standard InChI is InChI=1S/C17H24N6/c1-14-12-23(17(18)20-14)19-11-15-4-3-5-16(10-15)13-22-8-6-21(2)7-9-22/h3-5,10-12H,6-9,13H2,1-2H3,(H2,18,20). The molecule has 0 spiro atoms. The van der Waals surface area contributed by atoms with E-state index in [1.54, 1.807) is 4.68 Å². The molecule has 1 aliphatic heterocycles. The predicted molar refractivity (Wildman–Crippen MR) is 93.6 cm³/mol. The second-order valence-electron chi connectivity index (χ2n) is 6.15. The van der Waals surface area contributed by atoms with Crippen LogP contribution in [0.5, 0.6) is 0 Å². The highest BCUT2D eigenvalue weighted by molar-refractivity contribution is 5.79. The topological polar surface area (TPSA) is 62.7 Å². The molecule has 2 N–H and O–H groups in total. The largest absolute Gasteiger partial charge is 0.368 e. The molecule has 1 fully saturated rings. The van der Waals surface area contributed by atoms with Gasteiger partial charge in [0.1, 0.15) is 0 Å². The first-order valence-corrected chi connectivity index (χ1v) is 7.96. The van der Waals surface area contributed by atoms with Crippen LogP contribution in [-0.2, 0) is 6.54 Å². The number of anilines is 1. The van der Waals surface area contributed by atoms with Crippen LogP contribution in [0.1, 0.15) is 16.8 Å². The number of nitrogens with two attached hydrogens (primary N) is 1. The summed E-state index contributed by atoms with van der Waals surface area (Å²) in [7, 11) is 2.18. The smallest absolute Gasteiger partial charge is 0.221 e. The van der Waals surface area contributed by atoms with Crippen LogP contribution >= 0.6 is 0 Å². The number of imidazole rings is 1. The molecule has 122 valence electrons. The number of aromatic nitrogens is 2. The number of hydrogen-bond acceptors (Lipinski definition) is 5. The van der Waals surface area contributed by atoms with Crippen LogP contribution in [0.4, 0.5) is 5.95 Å². The van der Waals surface area contributed by atoms with E-state index >= 15 is 0 Å². The third-order valence-corrected chi connectivity index (χ3v) is 4.12. The van der Waals surface area contributed by atoms with Crippen molar-refractivity contribution in [2.45, 2.75) is 13.5 Å². The SMILES string of the molecule is Cc1cn(N=Cc2cccc(CN3CCN(C)CC3)c2)c(N)n1. The van der Waals surface area contributed by atoms with Gasteiger partial charge in [0.05, 0.1) is 18.1 Å². The van der Waals surface area contributed by atoms with E-state index < -0.39 is 0 Å². The number of hydrogen-bond donors (Lipinski definition) is 1. The highest BCUT2D eigenvalue weighted by Crippen LogP contribution is 2.10. The van der Waals surface area contributed by atoms with E-state index in [4.69, 9.17) is 5.73 Å². The molecule has 6 heteroatoms. The predicted octanol–water partition coefficient (Wildman–Crippen LogP) is 1.40. The number of benzene rings is 1. The minimum Gasteiger partial charge on any atom is -0.368 e. The molecule has 1 aromatic heterocycles. The van der Waals surface area contributed by atoms with Crippen molar-refractivity contribution in [2.24, 2.45) is 5.10 Å². The van der Waals surface area contributed by atoms with E-state index in [9.17, 15) is 0 Å². The molecule has 0 atom stereocenters. The van der Waals surface area contributed by atoms with Crippen molar-refractivity contribution in [2.75, 3.05) is 39.0 Å². The van der Waals surface area contributed by atoms with Crippen molar-refractivity contribution in [1.29, 1.82) is 0 Å². The molecule has 0 aliphatic carbocycles. The van der Waals surface area contributed by atoms with E-state index in [-0.39, 0.29) is 0 Å². The fourth-order valence-electron chi connectivity index (χ4n) is 2.76. The van der Waals surface area contributed by atoms with Crippen LogP contribution in [0.25, 0.3) is 0 Å². The summed E-state index contributed by atoms with van der Waals surface area (Å²) < 4.78 is 1.60. The van der Waals surface area contributed by atoms with E-state index in [1.165, 1.54) is 5.56 Å². The van der Waals surface area contributed by atoms with Gasteiger partial charge in [-0.25, -0.2) is 9.66 Å². The molecule has 6 nitrogen and oxygen atoms in total. The van der Waals surface area contributed by atoms with Gasteiger partial charge in [-0.3, -0.25) is 4.90 Å². The van der Waals surface area contributed by atoms with Gasteiger partial charge in [-0.15, -0.1) is 0 Å². The van der Waals surface area contributed by atoms with Crippen molar-refractivity contribution in [3.8, 4) is 0 Å². The van der Waals surface area contributed by atoms with Gasteiger partial charge in [0, 0.05) is 32.7 Å². The Labute approximate surface area is 137 Å². The van der Waals surface area contributed by atoms with Gasteiger partial charge in [-0.1, -0.05) is 18.2 Å². The monoisotopic (exact) mass is 312 g/mol. The Morgan fingerprint density at radius 1 is 1.26 bits per heavy atom. The quantitative estimate of drug-likeness (QED) is 0.867. The number of aryl methyl sites for hydroxylation is 1. The molecule has 1 aliphatic rings. The van der Waals surface area contributed by atoms with Crippen LogP contribution in [-0.4, -0.2) is 58.9 Å². The van der Waals surface area contributed by atoms with Gasteiger partial charge in [0.25, 0.3) is 0 Å². The summed E-state index contributed by atoms with van der Waals surface area (Å²) >= 11 is 0. The maximum absolute atomic E-state index is 5.80. The van der Waals surface area contributed by atoms with E-state index in [0.29, 0.717) is 5.95 Å². The zero-order valence-corrected chi connectivity index (χ0v) is 13.8. The molecule has 1 aromatic carbocycles.